The van der Waals surface area contributed by atoms with Crippen LogP contribution in [0.5, 0.6) is 5.75 Å². The van der Waals surface area contributed by atoms with E-state index in [1.807, 2.05) is 6.92 Å². The third-order valence-electron chi connectivity index (χ3n) is 3.19. The fourth-order valence-electron chi connectivity index (χ4n) is 2.06. The molecule has 0 radical (unpaired) electrons. The lowest BCUT2D eigenvalue weighted by atomic mass is 9.95. The van der Waals surface area contributed by atoms with Gasteiger partial charge in [-0.3, -0.25) is 4.79 Å². The van der Waals surface area contributed by atoms with Gasteiger partial charge in [-0.05, 0) is 47.5 Å². The van der Waals surface area contributed by atoms with Gasteiger partial charge in [0, 0.05) is 4.47 Å². The molecule has 0 heterocycles. The Morgan fingerprint density at radius 3 is 2.52 bits per heavy atom. The standard InChI is InChI=1S/C15H20BrNO4/c1-5-8-15(2,14(19)21-4)17-13(18)11-9-10(20-3)6-7-12(11)16/h6-7,9H,5,8H2,1-4H3,(H,17,18). The quantitative estimate of drug-likeness (QED) is 0.795. The fourth-order valence-corrected chi connectivity index (χ4v) is 2.49. The molecule has 0 bridgehead atoms. The molecule has 0 saturated carbocycles. The van der Waals surface area contributed by atoms with Gasteiger partial charge in [-0.1, -0.05) is 13.3 Å². The Kier molecular flexibility index (Phi) is 6.20. The monoisotopic (exact) mass is 357 g/mol. The number of esters is 1. The molecule has 0 fully saturated rings. The Hall–Kier alpha value is -1.56. The van der Waals surface area contributed by atoms with E-state index in [-0.39, 0.29) is 5.91 Å². The molecule has 0 spiro atoms. The van der Waals surface area contributed by atoms with Crippen LogP contribution in [0.2, 0.25) is 0 Å². The van der Waals surface area contributed by atoms with Crippen molar-refractivity contribution in [3.05, 3.63) is 28.2 Å². The molecule has 1 amide bonds. The highest BCUT2D eigenvalue weighted by Crippen LogP contribution is 2.24. The van der Waals surface area contributed by atoms with E-state index >= 15 is 0 Å². The summed E-state index contributed by atoms with van der Waals surface area (Å²) in [6.45, 7) is 3.60. The first-order valence-electron chi connectivity index (χ1n) is 6.62. The van der Waals surface area contributed by atoms with Gasteiger partial charge in [-0.25, -0.2) is 4.79 Å². The van der Waals surface area contributed by atoms with Crippen LogP contribution in [0.15, 0.2) is 22.7 Å². The summed E-state index contributed by atoms with van der Waals surface area (Å²) >= 11 is 3.33. The summed E-state index contributed by atoms with van der Waals surface area (Å²) in [7, 11) is 2.84. The van der Waals surface area contributed by atoms with Crippen molar-refractivity contribution in [2.24, 2.45) is 0 Å². The molecule has 116 valence electrons. The second-order valence-electron chi connectivity index (χ2n) is 4.87. The van der Waals surface area contributed by atoms with Gasteiger partial charge < -0.3 is 14.8 Å². The maximum Gasteiger partial charge on any atom is 0.331 e. The number of carbonyl (C=O) groups excluding carboxylic acids is 2. The van der Waals surface area contributed by atoms with Crippen molar-refractivity contribution in [2.75, 3.05) is 14.2 Å². The van der Waals surface area contributed by atoms with Gasteiger partial charge in [-0.15, -0.1) is 0 Å². The third-order valence-corrected chi connectivity index (χ3v) is 3.88. The predicted octanol–water partition coefficient (Wildman–Crippen LogP) is 2.92. The van der Waals surface area contributed by atoms with Crippen molar-refractivity contribution < 1.29 is 19.1 Å². The van der Waals surface area contributed by atoms with Crippen LogP contribution in [0, 0.1) is 0 Å². The van der Waals surface area contributed by atoms with E-state index < -0.39 is 11.5 Å². The molecule has 0 aliphatic rings. The van der Waals surface area contributed by atoms with E-state index in [2.05, 4.69) is 21.2 Å². The lowest BCUT2D eigenvalue weighted by Gasteiger charge is -2.27. The van der Waals surface area contributed by atoms with E-state index in [4.69, 9.17) is 9.47 Å². The number of rotatable bonds is 6. The Bertz CT molecular complexity index is 532. The molecule has 0 aromatic heterocycles. The summed E-state index contributed by atoms with van der Waals surface area (Å²) in [6, 6.07) is 5.08. The Morgan fingerprint density at radius 2 is 2.00 bits per heavy atom. The van der Waals surface area contributed by atoms with Gasteiger partial charge >= 0.3 is 5.97 Å². The number of amides is 1. The highest BCUT2D eigenvalue weighted by molar-refractivity contribution is 9.10. The molecule has 1 aromatic carbocycles. The van der Waals surface area contributed by atoms with E-state index in [9.17, 15) is 9.59 Å². The molecule has 6 heteroatoms. The number of ether oxygens (including phenoxy) is 2. The molecule has 1 atom stereocenters. The molecule has 1 unspecified atom stereocenters. The smallest absolute Gasteiger partial charge is 0.331 e. The summed E-state index contributed by atoms with van der Waals surface area (Å²) in [5.41, 5.74) is -0.649. The molecule has 1 N–H and O–H groups in total. The minimum absolute atomic E-state index is 0.359. The van der Waals surface area contributed by atoms with Gasteiger partial charge in [0.15, 0.2) is 0 Å². The fraction of sp³-hybridized carbons (Fsp3) is 0.467. The Balaban J connectivity index is 3.05. The van der Waals surface area contributed by atoms with Gasteiger partial charge in [0.25, 0.3) is 5.91 Å². The number of halogens is 1. The number of methoxy groups -OCH3 is 2. The first kappa shape index (κ1) is 17.5. The first-order valence-corrected chi connectivity index (χ1v) is 7.41. The third kappa shape index (κ3) is 4.20. The summed E-state index contributed by atoms with van der Waals surface area (Å²) in [5, 5.41) is 2.75. The molecule has 5 nitrogen and oxygen atoms in total. The zero-order chi connectivity index (χ0) is 16.0. The minimum atomic E-state index is -1.05. The van der Waals surface area contributed by atoms with Crippen molar-refractivity contribution >= 4 is 27.8 Å². The number of benzene rings is 1. The molecule has 0 aliphatic heterocycles. The molecular formula is C15H20BrNO4. The highest BCUT2D eigenvalue weighted by Gasteiger charge is 2.35. The summed E-state index contributed by atoms with van der Waals surface area (Å²) in [6.07, 6.45) is 1.23. The van der Waals surface area contributed by atoms with E-state index in [1.165, 1.54) is 14.2 Å². The zero-order valence-corrected chi connectivity index (χ0v) is 14.2. The molecule has 21 heavy (non-hydrogen) atoms. The predicted molar refractivity (Wildman–Crippen MR) is 83.5 cm³/mol. The zero-order valence-electron chi connectivity index (χ0n) is 12.7. The number of hydrogen-bond acceptors (Lipinski definition) is 4. The van der Waals surface area contributed by atoms with Crippen LogP contribution in [0.3, 0.4) is 0 Å². The average molecular weight is 358 g/mol. The van der Waals surface area contributed by atoms with Gasteiger partial charge in [0.2, 0.25) is 0 Å². The van der Waals surface area contributed by atoms with Crippen LogP contribution in [-0.2, 0) is 9.53 Å². The second-order valence-corrected chi connectivity index (χ2v) is 5.73. The number of carbonyl (C=O) groups is 2. The Labute approximate surface area is 133 Å². The van der Waals surface area contributed by atoms with Crippen molar-refractivity contribution in [2.45, 2.75) is 32.2 Å². The number of hydrogen-bond donors (Lipinski definition) is 1. The Morgan fingerprint density at radius 1 is 1.33 bits per heavy atom. The highest BCUT2D eigenvalue weighted by atomic mass is 79.9. The molecule has 1 rings (SSSR count). The summed E-state index contributed by atoms with van der Waals surface area (Å²) in [4.78, 5) is 24.4. The normalized spacial score (nSPS) is 13.2. The van der Waals surface area contributed by atoms with Crippen molar-refractivity contribution in [1.29, 1.82) is 0 Å². The van der Waals surface area contributed by atoms with Gasteiger partial charge in [-0.2, -0.15) is 0 Å². The van der Waals surface area contributed by atoms with E-state index in [0.717, 1.165) is 6.42 Å². The van der Waals surface area contributed by atoms with E-state index in [1.54, 1.807) is 25.1 Å². The van der Waals surface area contributed by atoms with Crippen LogP contribution >= 0.6 is 15.9 Å². The van der Waals surface area contributed by atoms with E-state index in [0.29, 0.717) is 22.2 Å². The largest absolute Gasteiger partial charge is 0.497 e. The SMILES string of the molecule is CCCC(C)(NC(=O)c1cc(OC)ccc1Br)C(=O)OC. The lowest BCUT2D eigenvalue weighted by molar-refractivity contribution is -0.147. The second kappa shape index (κ2) is 7.45. The van der Waals surface area contributed by atoms with Crippen LogP contribution in [0.4, 0.5) is 0 Å². The topological polar surface area (TPSA) is 64.6 Å². The molecule has 0 saturated heterocycles. The van der Waals surface area contributed by atoms with Gasteiger partial charge in [0.05, 0.1) is 19.8 Å². The molecule has 0 aliphatic carbocycles. The van der Waals surface area contributed by atoms with Crippen LogP contribution < -0.4 is 10.1 Å². The maximum atomic E-state index is 12.4. The van der Waals surface area contributed by atoms with Gasteiger partial charge in [0.1, 0.15) is 11.3 Å². The van der Waals surface area contributed by atoms with Crippen molar-refractivity contribution in [3.63, 3.8) is 0 Å². The van der Waals surface area contributed by atoms with Crippen LogP contribution in [-0.4, -0.2) is 31.6 Å². The summed E-state index contributed by atoms with van der Waals surface area (Å²) in [5.74, 6) is -0.252. The maximum absolute atomic E-state index is 12.4. The minimum Gasteiger partial charge on any atom is -0.497 e. The van der Waals surface area contributed by atoms with Crippen molar-refractivity contribution in [3.8, 4) is 5.75 Å². The molecular weight excluding hydrogens is 338 g/mol. The number of nitrogens with one attached hydrogen (secondary N) is 1. The first-order chi connectivity index (χ1) is 9.87. The molecule has 1 aromatic rings. The lowest BCUT2D eigenvalue weighted by Crippen LogP contribution is -2.52. The average Bonchev–Trinajstić information content (AvgIpc) is 2.46. The van der Waals surface area contributed by atoms with Crippen LogP contribution in [0.1, 0.15) is 37.0 Å². The summed E-state index contributed by atoms with van der Waals surface area (Å²) < 4.78 is 10.5. The van der Waals surface area contributed by atoms with Crippen molar-refractivity contribution in [1.82, 2.24) is 5.32 Å². The van der Waals surface area contributed by atoms with Crippen LogP contribution in [0.25, 0.3) is 0 Å².